The summed E-state index contributed by atoms with van der Waals surface area (Å²) in [5.74, 6) is 0. The second-order valence-electron chi connectivity index (χ2n) is 9.16. The molecule has 25 heavy (non-hydrogen) atoms. The van der Waals surface area contributed by atoms with E-state index in [4.69, 9.17) is 0 Å². The normalized spacial score (nSPS) is 21.1. The molecule has 1 aliphatic rings. The first-order chi connectivity index (χ1) is 12.1. The third-order valence-corrected chi connectivity index (χ3v) is 6.43. The van der Waals surface area contributed by atoms with E-state index in [0.717, 1.165) is 10.9 Å². The van der Waals surface area contributed by atoms with Crippen molar-refractivity contribution in [3.05, 3.63) is 0 Å². The fourth-order valence-electron chi connectivity index (χ4n) is 4.62. The molecular weight excluding hydrogens is 306 g/mol. The van der Waals surface area contributed by atoms with Crippen LogP contribution < -0.4 is 0 Å². The summed E-state index contributed by atoms with van der Waals surface area (Å²) in [5.41, 5.74) is 0. The molecule has 1 N–H and O–H groups in total. The molecule has 1 fully saturated rings. The number of unbranched alkanes of at least 4 members (excludes halogenated alkanes) is 13. The Hall–Kier alpha value is -0.0800. The third kappa shape index (κ3) is 10.6. The van der Waals surface area contributed by atoms with Crippen LogP contribution >= 0.6 is 0 Å². The molecule has 0 aromatic heterocycles. The van der Waals surface area contributed by atoms with Crippen LogP contribution in [-0.4, -0.2) is 42.4 Å². The Balaban J connectivity index is 1.84. The van der Waals surface area contributed by atoms with E-state index >= 15 is 0 Å². The second-order valence-corrected chi connectivity index (χ2v) is 9.16. The maximum absolute atomic E-state index is 10.1. The molecule has 0 spiro atoms. The molecule has 0 unspecified atom stereocenters. The number of likely N-dealkylation sites (N-methyl/N-ethyl adjacent to an activating group) is 1. The van der Waals surface area contributed by atoms with Crippen molar-refractivity contribution in [2.75, 3.05) is 20.6 Å². The van der Waals surface area contributed by atoms with Gasteiger partial charge in [0.2, 0.25) is 0 Å². The number of hydrogen-bond donors (Lipinski definition) is 1. The predicted molar refractivity (Wildman–Crippen MR) is 111 cm³/mol. The quantitative estimate of drug-likeness (QED) is 0.249. The fourth-order valence-corrected chi connectivity index (χ4v) is 4.62. The summed E-state index contributed by atoms with van der Waals surface area (Å²) >= 11 is 0. The van der Waals surface area contributed by atoms with Crippen LogP contribution in [0, 0.1) is 0 Å². The number of hydrogen-bond acceptors (Lipinski definition) is 1. The highest BCUT2D eigenvalue weighted by atomic mass is 16.3. The van der Waals surface area contributed by atoms with E-state index in [1.54, 1.807) is 0 Å². The molecule has 0 aromatic carbocycles. The smallest absolute Gasteiger partial charge is 0.115 e. The summed E-state index contributed by atoms with van der Waals surface area (Å²) in [7, 11) is 4.64. The van der Waals surface area contributed by atoms with Crippen molar-refractivity contribution in [2.24, 2.45) is 0 Å². The average molecular weight is 355 g/mol. The molecule has 2 atom stereocenters. The van der Waals surface area contributed by atoms with E-state index in [-0.39, 0.29) is 6.10 Å². The topological polar surface area (TPSA) is 20.2 Å². The molecular formula is C23H48NO+. The van der Waals surface area contributed by atoms with E-state index < -0.39 is 0 Å². The van der Waals surface area contributed by atoms with Gasteiger partial charge in [-0.25, -0.2) is 0 Å². The minimum absolute atomic E-state index is 0.0540. The summed E-state index contributed by atoms with van der Waals surface area (Å²) in [6.45, 7) is 3.53. The Kier molecular flexibility index (Phi) is 12.9. The Morgan fingerprint density at radius 2 is 1.12 bits per heavy atom. The number of quaternary nitrogens is 1. The van der Waals surface area contributed by atoms with E-state index in [1.807, 2.05) is 0 Å². The van der Waals surface area contributed by atoms with Crippen molar-refractivity contribution in [3.8, 4) is 0 Å². The van der Waals surface area contributed by atoms with Crippen molar-refractivity contribution in [1.29, 1.82) is 0 Å². The third-order valence-electron chi connectivity index (χ3n) is 6.43. The Labute approximate surface area is 159 Å². The van der Waals surface area contributed by atoms with Crippen LogP contribution in [0.1, 0.15) is 116 Å². The molecule has 2 nitrogen and oxygen atoms in total. The van der Waals surface area contributed by atoms with Gasteiger partial charge in [-0.05, 0) is 25.7 Å². The first-order valence-electron chi connectivity index (χ1n) is 11.6. The number of rotatable bonds is 16. The molecule has 150 valence electrons. The zero-order valence-electron chi connectivity index (χ0n) is 17.8. The zero-order chi connectivity index (χ0) is 18.4. The Morgan fingerprint density at radius 3 is 1.52 bits per heavy atom. The van der Waals surface area contributed by atoms with Crippen LogP contribution in [-0.2, 0) is 0 Å². The van der Waals surface area contributed by atoms with Crippen molar-refractivity contribution < 1.29 is 9.59 Å². The molecule has 0 radical (unpaired) electrons. The lowest BCUT2D eigenvalue weighted by atomic mass is 10.0. The summed E-state index contributed by atoms with van der Waals surface area (Å²) in [6, 6.07) is 0.488. The molecule has 0 aromatic rings. The predicted octanol–water partition coefficient (Wildman–Crippen LogP) is 6.46. The Bertz CT molecular complexity index is 302. The number of aliphatic hydroxyl groups excluding tert-OH is 1. The molecule has 0 amide bonds. The Morgan fingerprint density at radius 1 is 0.680 bits per heavy atom. The van der Waals surface area contributed by atoms with Crippen molar-refractivity contribution in [2.45, 2.75) is 128 Å². The van der Waals surface area contributed by atoms with Gasteiger partial charge < -0.3 is 9.59 Å². The lowest BCUT2D eigenvalue weighted by Crippen LogP contribution is -2.52. The maximum atomic E-state index is 10.1. The molecule has 2 heteroatoms. The molecule has 0 bridgehead atoms. The van der Waals surface area contributed by atoms with Gasteiger partial charge in [0.1, 0.15) is 12.1 Å². The number of nitrogens with zero attached hydrogens (tertiary/aromatic N) is 1. The maximum Gasteiger partial charge on any atom is 0.115 e. The van der Waals surface area contributed by atoms with Crippen LogP contribution in [0.15, 0.2) is 0 Å². The molecule has 1 saturated carbocycles. The van der Waals surface area contributed by atoms with E-state index in [1.165, 1.54) is 109 Å². The van der Waals surface area contributed by atoms with Crippen LogP contribution in [0.5, 0.6) is 0 Å². The lowest BCUT2D eigenvalue weighted by molar-refractivity contribution is -0.917. The van der Waals surface area contributed by atoms with Gasteiger partial charge in [0.05, 0.1) is 20.6 Å². The van der Waals surface area contributed by atoms with Crippen LogP contribution in [0.3, 0.4) is 0 Å². The molecule has 1 aliphatic carbocycles. The van der Waals surface area contributed by atoms with E-state index in [9.17, 15) is 5.11 Å². The van der Waals surface area contributed by atoms with E-state index in [2.05, 4.69) is 21.0 Å². The van der Waals surface area contributed by atoms with Crippen molar-refractivity contribution in [1.82, 2.24) is 0 Å². The van der Waals surface area contributed by atoms with Crippen LogP contribution in [0.4, 0.5) is 0 Å². The van der Waals surface area contributed by atoms with Gasteiger partial charge in [0.15, 0.2) is 0 Å². The van der Waals surface area contributed by atoms with E-state index in [0.29, 0.717) is 6.04 Å². The largest absolute Gasteiger partial charge is 0.387 e. The first-order valence-corrected chi connectivity index (χ1v) is 11.6. The standard InChI is InChI=1S/C23H48NO/c1-4-5-6-7-8-9-10-11-12-13-14-15-16-17-21-24(2,3)22-19-18-20-23(22)25/h22-23,25H,4-21H2,1-3H3/q+1/t22-,23-/m0/s1. The highest BCUT2D eigenvalue weighted by Gasteiger charge is 2.37. The summed E-state index contributed by atoms with van der Waals surface area (Å²) in [4.78, 5) is 0. The van der Waals surface area contributed by atoms with Gasteiger partial charge in [-0.15, -0.1) is 0 Å². The molecule has 0 saturated heterocycles. The second kappa shape index (κ2) is 14.0. The van der Waals surface area contributed by atoms with Gasteiger partial charge in [-0.2, -0.15) is 0 Å². The highest BCUT2D eigenvalue weighted by Crippen LogP contribution is 2.27. The van der Waals surface area contributed by atoms with Crippen LogP contribution in [0.25, 0.3) is 0 Å². The molecule has 0 heterocycles. The van der Waals surface area contributed by atoms with Gasteiger partial charge >= 0.3 is 0 Å². The summed E-state index contributed by atoms with van der Waals surface area (Å²) in [5, 5.41) is 10.1. The molecule has 0 aliphatic heterocycles. The minimum atomic E-state index is -0.0540. The van der Waals surface area contributed by atoms with Crippen molar-refractivity contribution in [3.63, 3.8) is 0 Å². The monoisotopic (exact) mass is 354 g/mol. The van der Waals surface area contributed by atoms with Gasteiger partial charge in [0.25, 0.3) is 0 Å². The fraction of sp³-hybridized carbons (Fsp3) is 1.00. The van der Waals surface area contributed by atoms with Gasteiger partial charge in [0, 0.05) is 6.42 Å². The first kappa shape index (κ1) is 23.0. The lowest BCUT2D eigenvalue weighted by Gasteiger charge is -2.38. The summed E-state index contributed by atoms with van der Waals surface area (Å²) in [6.07, 6.45) is 23.4. The van der Waals surface area contributed by atoms with Gasteiger partial charge in [-0.1, -0.05) is 84.0 Å². The van der Waals surface area contributed by atoms with Crippen LogP contribution in [0.2, 0.25) is 0 Å². The molecule has 1 rings (SSSR count). The summed E-state index contributed by atoms with van der Waals surface area (Å²) < 4.78 is 1.03. The SMILES string of the molecule is CCCCCCCCCCCCCCCC[N+](C)(C)[C@H]1CCC[C@@H]1O. The number of aliphatic hydroxyl groups is 1. The van der Waals surface area contributed by atoms with Gasteiger partial charge in [-0.3, -0.25) is 0 Å². The average Bonchev–Trinajstić information content (AvgIpc) is 3.02. The zero-order valence-corrected chi connectivity index (χ0v) is 17.8. The minimum Gasteiger partial charge on any atom is -0.387 e. The van der Waals surface area contributed by atoms with Crippen molar-refractivity contribution >= 4 is 0 Å². The highest BCUT2D eigenvalue weighted by molar-refractivity contribution is 4.77.